The zero-order valence-electron chi connectivity index (χ0n) is 27.8. The second-order valence-electron chi connectivity index (χ2n) is 13.4. The lowest BCUT2D eigenvalue weighted by molar-refractivity contribution is -0.132. The number of hydrogen-bond donors (Lipinski definition) is 0. The van der Waals surface area contributed by atoms with Gasteiger partial charge in [-0.1, -0.05) is 61.3 Å². The van der Waals surface area contributed by atoms with Crippen molar-refractivity contribution < 1.29 is 28.7 Å². The van der Waals surface area contributed by atoms with E-state index in [0.29, 0.717) is 71.9 Å². The molecule has 6 nitrogen and oxygen atoms in total. The van der Waals surface area contributed by atoms with Crippen LogP contribution in [0.3, 0.4) is 0 Å². The smallest absolute Gasteiger partial charge is 0.308 e. The summed E-state index contributed by atoms with van der Waals surface area (Å²) >= 11 is 0. The Hall–Kier alpha value is -3.80. The van der Waals surface area contributed by atoms with Gasteiger partial charge in [-0.15, -0.1) is 0 Å². The SMILES string of the molecule is CCC1C2=C(CCC1c1ccc(OC(C)=O)cc1)CC(=O)CC2.CCC1C2CCC(=O)C=C2CCC1c1ccc(OC(C)=O)cc1. The minimum atomic E-state index is -0.288. The molecule has 1 fully saturated rings. The molecule has 5 atom stereocenters. The summed E-state index contributed by atoms with van der Waals surface area (Å²) in [5, 5.41) is 0. The van der Waals surface area contributed by atoms with Crippen molar-refractivity contribution in [1.29, 1.82) is 0 Å². The topological polar surface area (TPSA) is 86.7 Å². The molecule has 0 amide bonds. The zero-order valence-corrected chi connectivity index (χ0v) is 27.8. The number of carbonyl (C=O) groups excluding carboxylic acids is 4. The highest BCUT2D eigenvalue weighted by Crippen LogP contribution is 2.49. The number of hydrogen-bond acceptors (Lipinski definition) is 6. The van der Waals surface area contributed by atoms with Crippen molar-refractivity contribution in [3.63, 3.8) is 0 Å². The van der Waals surface area contributed by atoms with E-state index in [1.54, 1.807) is 5.57 Å². The molecule has 6 rings (SSSR count). The Bertz CT molecular complexity index is 1500. The van der Waals surface area contributed by atoms with Gasteiger partial charge < -0.3 is 9.47 Å². The Labute approximate surface area is 273 Å². The minimum Gasteiger partial charge on any atom is -0.427 e. The van der Waals surface area contributed by atoms with Gasteiger partial charge in [-0.3, -0.25) is 19.2 Å². The predicted octanol–water partition coefficient (Wildman–Crippen LogP) is 8.99. The van der Waals surface area contributed by atoms with Gasteiger partial charge in [0.05, 0.1) is 0 Å². The number of esters is 2. The quantitative estimate of drug-likeness (QED) is 0.181. The fraction of sp³-hybridized carbons (Fsp3) is 0.500. The Kier molecular flexibility index (Phi) is 11.1. The van der Waals surface area contributed by atoms with E-state index < -0.39 is 0 Å². The van der Waals surface area contributed by atoms with Crippen LogP contribution in [0.5, 0.6) is 11.5 Å². The van der Waals surface area contributed by atoms with Gasteiger partial charge in [0.1, 0.15) is 17.3 Å². The molecule has 6 heteroatoms. The summed E-state index contributed by atoms with van der Waals surface area (Å²) < 4.78 is 10.2. The van der Waals surface area contributed by atoms with E-state index in [2.05, 4.69) is 38.1 Å². The van der Waals surface area contributed by atoms with E-state index in [1.807, 2.05) is 30.3 Å². The first-order valence-electron chi connectivity index (χ1n) is 17.2. The third kappa shape index (κ3) is 7.94. The maximum Gasteiger partial charge on any atom is 0.308 e. The van der Waals surface area contributed by atoms with Crippen LogP contribution in [-0.4, -0.2) is 23.5 Å². The van der Waals surface area contributed by atoms with E-state index in [0.717, 1.165) is 51.4 Å². The summed E-state index contributed by atoms with van der Waals surface area (Å²) in [5.74, 6) is 4.09. The summed E-state index contributed by atoms with van der Waals surface area (Å²) in [5.41, 5.74) is 6.98. The number of carbonyl (C=O) groups is 4. The minimum absolute atomic E-state index is 0.288. The standard InChI is InChI=1S/2C20H24O3/c2*1-3-18-19(10-6-15-12-16(22)7-11-20(15)18)14-4-8-17(9-5-14)23-13(2)21/h4-5,8-9,18-19H,3,6-7,10-12H2,1-2H3;4-5,8-9,12,18-20H,3,6-7,10-11H2,1-2H3. The van der Waals surface area contributed by atoms with E-state index >= 15 is 0 Å². The molecule has 1 saturated carbocycles. The molecular formula is C40H48O6. The van der Waals surface area contributed by atoms with Crippen LogP contribution in [0.2, 0.25) is 0 Å². The monoisotopic (exact) mass is 624 g/mol. The molecule has 46 heavy (non-hydrogen) atoms. The fourth-order valence-electron chi connectivity index (χ4n) is 8.60. The van der Waals surface area contributed by atoms with Gasteiger partial charge in [0, 0.05) is 33.1 Å². The molecule has 0 saturated heterocycles. The van der Waals surface area contributed by atoms with Crippen LogP contribution in [-0.2, 0) is 19.2 Å². The average molecular weight is 625 g/mol. The highest BCUT2D eigenvalue weighted by molar-refractivity contribution is 5.91. The second kappa shape index (κ2) is 15.2. The number of fused-ring (bicyclic) bond motifs is 1. The van der Waals surface area contributed by atoms with Gasteiger partial charge in [-0.2, -0.15) is 0 Å². The lowest BCUT2D eigenvalue weighted by atomic mass is 9.63. The Morgan fingerprint density at radius 2 is 1.24 bits per heavy atom. The van der Waals surface area contributed by atoms with Crippen LogP contribution in [0.1, 0.15) is 121 Å². The van der Waals surface area contributed by atoms with Crippen molar-refractivity contribution >= 4 is 23.5 Å². The lowest BCUT2D eigenvalue weighted by Gasteiger charge is -2.41. The fourth-order valence-corrected chi connectivity index (χ4v) is 8.60. The second-order valence-corrected chi connectivity index (χ2v) is 13.4. The predicted molar refractivity (Wildman–Crippen MR) is 179 cm³/mol. The summed E-state index contributed by atoms with van der Waals surface area (Å²) in [6.07, 6.45) is 12.5. The normalized spacial score (nSPS) is 25.7. The van der Waals surface area contributed by atoms with E-state index in [9.17, 15) is 19.2 Å². The van der Waals surface area contributed by atoms with E-state index in [4.69, 9.17) is 9.47 Å². The van der Waals surface area contributed by atoms with Gasteiger partial charge in [0.15, 0.2) is 5.78 Å². The van der Waals surface area contributed by atoms with Crippen LogP contribution < -0.4 is 9.47 Å². The molecule has 0 radical (unpaired) electrons. The number of benzene rings is 2. The first-order chi connectivity index (χ1) is 22.2. The van der Waals surface area contributed by atoms with Gasteiger partial charge in [-0.05, 0) is 116 Å². The van der Waals surface area contributed by atoms with Crippen molar-refractivity contribution in [3.8, 4) is 11.5 Å². The van der Waals surface area contributed by atoms with E-state index in [1.165, 1.54) is 36.1 Å². The van der Waals surface area contributed by atoms with Crippen LogP contribution in [0.25, 0.3) is 0 Å². The number of allylic oxidation sites excluding steroid dienone is 4. The molecule has 0 heterocycles. The van der Waals surface area contributed by atoms with Crippen LogP contribution in [0, 0.1) is 17.8 Å². The van der Waals surface area contributed by atoms with Gasteiger partial charge in [0.2, 0.25) is 0 Å². The van der Waals surface area contributed by atoms with Gasteiger partial charge in [0.25, 0.3) is 0 Å². The molecule has 4 aliphatic rings. The molecule has 2 aromatic rings. The summed E-state index contributed by atoms with van der Waals surface area (Å²) in [6.45, 7) is 7.34. The molecule has 0 N–H and O–H groups in total. The van der Waals surface area contributed by atoms with E-state index in [-0.39, 0.29) is 11.9 Å². The molecule has 2 aromatic carbocycles. The van der Waals surface area contributed by atoms with Crippen molar-refractivity contribution in [2.24, 2.45) is 17.8 Å². The molecule has 0 spiro atoms. The number of rotatable bonds is 6. The maximum atomic E-state index is 11.7. The Balaban J connectivity index is 0.000000181. The molecule has 0 bridgehead atoms. The average Bonchev–Trinajstić information content (AvgIpc) is 3.04. The third-order valence-corrected chi connectivity index (χ3v) is 10.6. The molecule has 5 unspecified atom stereocenters. The molecule has 0 aliphatic heterocycles. The Morgan fingerprint density at radius 1 is 0.674 bits per heavy atom. The van der Waals surface area contributed by atoms with Crippen molar-refractivity contribution in [2.45, 2.75) is 110 Å². The first-order valence-corrected chi connectivity index (χ1v) is 17.2. The van der Waals surface area contributed by atoms with Crippen LogP contribution in [0.15, 0.2) is 71.3 Å². The first kappa shape index (κ1) is 33.6. The van der Waals surface area contributed by atoms with Crippen LogP contribution in [0.4, 0.5) is 0 Å². The maximum absolute atomic E-state index is 11.7. The van der Waals surface area contributed by atoms with Crippen molar-refractivity contribution in [3.05, 3.63) is 82.5 Å². The zero-order chi connectivity index (χ0) is 32.8. The lowest BCUT2D eigenvalue weighted by Crippen LogP contribution is -2.31. The molecule has 4 aliphatic carbocycles. The summed E-state index contributed by atoms with van der Waals surface area (Å²) in [6, 6.07) is 15.9. The number of ether oxygens (including phenoxy) is 2. The van der Waals surface area contributed by atoms with Crippen molar-refractivity contribution in [1.82, 2.24) is 0 Å². The van der Waals surface area contributed by atoms with Crippen molar-refractivity contribution in [2.75, 3.05) is 0 Å². The highest BCUT2D eigenvalue weighted by Gasteiger charge is 2.38. The highest BCUT2D eigenvalue weighted by atomic mass is 16.5. The third-order valence-electron chi connectivity index (χ3n) is 10.6. The molecule has 0 aromatic heterocycles. The van der Waals surface area contributed by atoms with Gasteiger partial charge >= 0.3 is 11.9 Å². The molecule has 244 valence electrons. The largest absolute Gasteiger partial charge is 0.427 e. The number of Topliss-reactive ketones (excluding diaryl/α,β-unsaturated/α-hetero) is 1. The summed E-state index contributed by atoms with van der Waals surface area (Å²) in [4.78, 5) is 45.4. The van der Waals surface area contributed by atoms with Gasteiger partial charge in [-0.25, -0.2) is 0 Å². The number of ketones is 2. The van der Waals surface area contributed by atoms with Crippen LogP contribution >= 0.6 is 0 Å². The summed E-state index contributed by atoms with van der Waals surface area (Å²) in [7, 11) is 0. The molecular weight excluding hydrogens is 576 g/mol. The Morgan fingerprint density at radius 3 is 1.80 bits per heavy atom.